The number of imide groups is 1. The number of amides is 4. The van der Waals surface area contributed by atoms with E-state index in [1.54, 1.807) is 6.92 Å². The number of urea groups is 1. The molecular formula is C14H22N4O3. The molecule has 1 aliphatic rings. The Kier molecular flexibility index (Phi) is 5.70. The summed E-state index contributed by atoms with van der Waals surface area (Å²) in [5.74, 6) is -0.389. The van der Waals surface area contributed by atoms with E-state index >= 15 is 0 Å². The van der Waals surface area contributed by atoms with Crippen LogP contribution in [0.4, 0.5) is 4.79 Å². The number of hydrogen-bond donors (Lipinski definition) is 2. The summed E-state index contributed by atoms with van der Waals surface area (Å²) >= 11 is 0. The Morgan fingerprint density at radius 1 is 1.48 bits per heavy atom. The van der Waals surface area contributed by atoms with Crippen LogP contribution < -0.4 is 10.6 Å². The van der Waals surface area contributed by atoms with Gasteiger partial charge in [0.15, 0.2) is 0 Å². The van der Waals surface area contributed by atoms with E-state index in [2.05, 4.69) is 10.6 Å². The topological polar surface area (TPSA) is 102 Å². The van der Waals surface area contributed by atoms with Crippen molar-refractivity contribution in [3.8, 4) is 6.07 Å². The van der Waals surface area contributed by atoms with E-state index in [1.807, 2.05) is 19.9 Å². The smallest absolute Gasteiger partial charge is 0.325 e. The summed E-state index contributed by atoms with van der Waals surface area (Å²) in [6.45, 7) is 5.68. The van der Waals surface area contributed by atoms with Gasteiger partial charge in [0.25, 0.3) is 5.91 Å². The SMILES string of the molecule is CC(C)CC[C@]1(C)NC(=O)N(CC(=O)NCCC#N)C1=O. The lowest BCUT2D eigenvalue weighted by Crippen LogP contribution is -2.45. The van der Waals surface area contributed by atoms with Gasteiger partial charge in [-0.2, -0.15) is 5.26 Å². The number of carbonyl (C=O) groups excluding carboxylic acids is 3. The highest BCUT2D eigenvalue weighted by molar-refractivity contribution is 6.08. The van der Waals surface area contributed by atoms with Gasteiger partial charge in [-0.1, -0.05) is 13.8 Å². The molecule has 7 nitrogen and oxygen atoms in total. The van der Waals surface area contributed by atoms with Crippen LogP contribution in [0.3, 0.4) is 0 Å². The van der Waals surface area contributed by atoms with E-state index in [0.717, 1.165) is 11.3 Å². The molecule has 1 rings (SSSR count). The molecule has 0 aromatic rings. The van der Waals surface area contributed by atoms with Crippen molar-refractivity contribution < 1.29 is 14.4 Å². The lowest BCUT2D eigenvalue weighted by molar-refractivity contribution is -0.134. The first-order chi connectivity index (χ1) is 9.80. The van der Waals surface area contributed by atoms with E-state index in [-0.39, 0.29) is 25.4 Å². The molecular weight excluding hydrogens is 272 g/mol. The molecule has 2 N–H and O–H groups in total. The van der Waals surface area contributed by atoms with Gasteiger partial charge < -0.3 is 10.6 Å². The monoisotopic (exact) mass is 294 g/mol. The first-order valence-corrected chi connectivity index (χ1v) is 7.08. The zero-order valence-corrected chi connectivity index (χ0v) is 12.7. The van der Waals surface area contributed by atoms with Gasteiger partial charge in [0.05, 0.1) is 12.5 Å². The van der Waals surface area contributed by atoms with E-state index in [9.17, 15) is 14.4 Å². The molecule has 0 saturated carbocycles. The van der Waals surface area contributed by atoms with Crippen LogP contribution in [-0.2, 0) is 9.59 Å². The number of rotatable bonds is 7. The van der Waals surface area contributed by atoms with Crippen LogP contribution in [0.1, 0.15) is 40.0 Å². The van der Waals surface area contributed by atoms with Crippen molar-refractivity contribution in [3.05, 3.63) is 0 Å². The average molecular weight is 294 g/mol. The normalized spacial score (nSPS) is 21.4. The second kappa shape index (κ2) is 7.07. The van der Waals surface area contributed by atoms with Gasteiger partial charge in [0.1, 0.15) is 12.1 Å². The summed E-state index contributed by atoms with van der Waals surface area (Å²) < 4.78 is 0. The summed E-state index contributed by atoms with van der Waals surface area (Å²) in [5, 5.41) is 13.5. The summed E-state index contributed by atoms with van der Waals surface area (Å²) in [6, 6.07) is 1.36. The number of carbonyl (C=O) groups is 3. The molecule has 1 saturated heterocycles. The highest BCUT2D eigenvalue weighted by Gasteiger charge is 2.47. The molecule has 0 bridgehead atoms. The van der Waals surface area contributed by atoms with Crippen molar-refractivity contribution in [3.63, 3.8) is 0 Å². The molecule has 1 aliphatic heterocycles. The number of hydrogen-bond acceptors (Lipinski definition) is 4. The Labute approximate surface area is 124 Å². The van der Waals surface area contributed by atoms with E-state index in [0.29, 0.717) is 12.3 Å². The van der Waals surface area contributed by atoms with Gasteiger partial charge >= 0.3 is 6.03 Å². The Balaban J connectivity index is 2.60. The minimum absolute atomic E-state index is 0.192. The summed E-state index contributed by atoms with van der Waals surface area (Å²) in [6.07, 6.45) is 1.55. The van der Waals surface area contributed by atoms with Crippen molar-refractivity contribution in [1.29, 1.82) is 5.26 Å². The zero-order valence-electron chi connectivity index (χ0n) is 12.7. The first-order valence-electron chi connectivity index (χ1n) is 7.08. The van der Waals surface area contributed by atoms with Crippen LogP contribution in [0.2, 0.25) is 0 Å². The summed E-state index contributed by atoms with van der Waals surface area (Å²) in [5.41, 5.74) is -0.936. The second-order valence-corrected chi connectivity index (χ2v) is 5.84. The molecule has 0 radical (unpaired) electrons. The van der Waals surface area contributed by atoms with Crippen LogP contribution in [0, 0.1) is 17.2 Å². The molecule has 116 valence electrons. The van der Waals surface area contributed by atoms with Gasteiger partial charge in [0, 0.05) is 6.54 Å². The quantitative estimate of drug-likeness (QED) is 0.534. The maximum Gasteiger partial charge on any atom is 0.325 e. The molecule has 7 heteroatoms. The Bertz CT molecular complexity index is 469. The van der Waals surface area contributed by atoms with Crippen molar-refractivity contribution in [2.45, 2.75) is 45.6 Å². The molecule has 1 atom stereocenters. The molecule has 21 heavy (non-hydrogen) atoms. The van der Waals surface area contributed by atoms with Gasteiger partial charge in [-0.25, -0.2) is 4.79 Å². The Hall–Kier alpha value is -2.10. The number of nitrogens with one attached hydrogen (secondary N) is 2. The third-order valence-electron chi connectivity index (χ3n) is 3.43. The van der Waals surface area contributed by atoms with Crippen LogP contribution in [0.15, 0.2) is 0 Å². The maximum atomic E-state index is 12.3. The standard InChI is InChI=1S/C14H22N4O3/c1-10(2)5-6-14(3)12(20)18(13(21)17-14)9-11(19)16-8-4-7-15/h10H,4-6,8-9H2,1-3H3,(H,16,19)(H,17,21)/t14-/m0/s1. The van der Waals surface area contributed by atoms with Crippen molar-refractivity contribution >= 4 is 17.8 Å². The average Bonchev–Trinajstić information content (AvgIpc) is 2.61. The molecule has 0 unspecified atom stereocenters. The van der Waals surface area contributed by atoms with Crippen LogP contribution >= 0.6 is 0 Å². The van der Waals surface area contributed by atoms with E-state index in [1.165, 1.54) is 0 Å². The Morgan fingerprint density at radius 3 is 2.71 bits per heavy atom. The van der Waals surface area contributed by atoms with Gasteiger partial charge in [0.2, 0.25) is 5.91 Å². The van der Waals surface area contributed by atoms with Crippen molar-refractivity contribution in [2.24, 2.45) is 5.92 Å². The van der Waals surface area contributed by atoms with Gasteiger partial charge in [-0.3, -0.25) is 14.5 Å². The lowest BCUT2D eigenvalue weighted by atomic mass is 9.92. The zero-order chi connectivity index (χ0) is 16.0. The minimum Gasteiger partial charge on any atom is -0.354 e. The van der Waals surface area contributed by atoms with Crippen molar-refractivity contribution in [2.75, 3.05) is 13.1 Å². The van der Waals surface area contributed by atoms with Crippen LogP contribution in [0.5, 0.6) is 0 Å². The maximum absolute atomic E-state index is 12.3. The minimum atomic E-state index is -0.936. The second-order valence-electron chi connectivity index (χ2n) is 5.84. The predicted octanol–water partition coefficient (Wildman–Crippen LogP) is 0.763. The fourth-order valence-corrected chi connectivity index (χ4v) is 2.09. The first kappa shape index (κ1) is 17.0. The molecule has 4 amide bonds. The third-order valence-corrected chi connectivity index (χ3v) is 3.43. The lowest BCUT2D eigenvalue weighted by Gasteiger charge is -2.22. The highest BCUT2D eigenvalue weighted by Crippen LogP contribution is 2.24. The van der Waals surface area contributed by atoms with Crippen LogP contribution in [-0.4, -0.2) is 41.4 Å². The third kappa shape index (κ3) is 4.45. The number of nitriles is 1. The molecule has 0 aromatic carbocycles. The van der Waals surface area contributed by atoms with Crippen LogP contribution in [0.25, 0.3) is 0 Å². The van der Waals surface area contributed by atoms with Gasteiger partial charge in [-0.05, 0) is 25.7 Å². The molecule has 1 fully saturated rings. The molecule has 0 spiro atoms. The van der Waals surface area contributed by atoms with E-state index < -0.39 is 17.5 Å². The van der Waals surface area contributed by atoms with Gasteiger partial charge in [-0.15, -0.1) is 0 Å². The summed E-state index contributed by atoms with van der Waals surface area (Å²) in [4.78, 5) is 36.8. The Morgan fingerprint density at radius 2 is 2.14 bits per heavy atom. The highest BCUT2D eigenvalue weighted by atomic mass is 16.2. The van der Waals surface area contributed by atoms with E-state index in [4.69, 9.17) is 5.26 Å². The number of nitrogens with zero attached hydrogens (tertiary/aromatic N) is 2. The molecule has 0 aliphatic carbocycles. The largest absolute Gasteiger partial charge is 0.354 e. The summed E-state index contributed by atoms with van der Waals surface area (Å²) in [7, 11) is 0. The predicted molar refractivity (Wildman–Crippen MR) is 76.0 cm³/mol. The molecule has 1 heterocycles. The molecule has 0 aromatic heterocycles. The fourth-order valence-electron chi connectivity index (χ4n) is 2.09. The van der Waals surface area contributed by atoms with Crippen molar-refractivity contribution in [1.82, 2.24) is 15.5 Å². The fraction of sp³-hybridized carbons (Fsp3) is 0.714.